The first kappa shape index (κ1) is 15.8. The zero-order valence-electron chi connectivity index (χ0n) is 10.9. The normalized spacial score (nSPS) is 12.4. The summed E-state index contributed by atoms with van der Waals surface area (Å²) in [5, 5.41) is 21.0. The molecule has 3 N–H and O–H groups in total. The lowest BCUT2D eigenvalue weighted by atomic mass is 10.2. The van der Waals surface area contributed by atoms with Crippen molar-refractivity contribution >= 4 is 0 Å². The van der Waals surface area contributed by atoms with Gasteiger partial charge in [-0.1, -0.05) is 0 Å². The van der Waals surface area contributed by atoms with Crippen molar-refractivity contribution in [3.05, 3.63) is 29.6 Å². The third-order valence-corrected chi connectivity index (χ3v) is 2.46. The number of methoxy groups -OCH3 is 1. The fraction of sp³-hybridized carbons (Fsp3) is 0.538. The number of hydrogen-bond acceptors (Lipinski definition) is 5. The van der Waals surface area contributed by atoms with Gasteiger partial charge in [-0.25, -0.2) is 4.39 Å². The maximum atomic E-state index is 13.2. The van der Waals surface area contributed by atoms with Crippen LogP contribution in [0.5, 0.6) is 5.75 Å². The van der Waals surface area contributed by atoms with Gasteiger partial charge in [0, 0.05) is 25.8 Å². The highest BCUT2D eigenvalue weighted by molar-refractivity contribution is 5.34. The van der Waals surface area contributed by atoms with Gasteiger partial charge >= 0.3 is 0 Å². The van der Waals surface area contributed by atoms with Crippen LogP contribution in [-0.4, -0.2) is 49.8 Å². The van der Waals surface area contributed by atoms with Crippen molar-refractivity contribution in [3.63, 3.8) is 0 Å². The summed E-state index contributed by atoms with van der Waals surface area (Å²) >= 11 is 0. The average molecular weight is 273 g/mol. The van der Waals surface area contributed by atoms with Crippen LogP contribution in [0.2, 0.25) is 0 Å². The lowest BCUT2D eigenvalue weighted by Crippen LogP contribution is -2.23. The van der Waals surface area contributed by atoms with Crippen LogP contribution in [0.25, 0.3) is 0 Å². The Morgan fingerprint density at radius 1 is 1.42 bits per heavy atom. The van der Waals surface area contributed by atoms with Crippen LogP contribution in [0.3, 0.4) is 0 Å². The first-order valence-electron chi connectivity index (χ1n) is 6.07. The first-order valence-corrected chi connectivity index (χ1v) is 6.07. The second kappa shape index (κ2) is 8.82. The van der Waals surface area contributed by atoms with E-state index >= 15 is 0 Å². The number of rotatable bonds is 9. The van der Waals surface area contributed by atoms with E-state index < -0.39 is 6.10 Å². The SMILES string of the molecule is COCCNCc1cc(F)ccc1OCC(O)CO. The van der Waals surface area contributed by atoms with Crippen LogP contribution in [0.15, 0.2) is 18.2 Å². The quantitative estimate of drug-likeness (QED) is 0.564. The minimum atomic E-state index is -0.945. The molecule has 0 heterocycles. The Morgan fingerprint density at radius 3 is 2.89 bits per heavy atom. The molecule has 1 atom stereocenters. The van der Waals surface area contributed by atoms with Gasteiger partial charge in [0.1, 0.15) is 24.3 Å². The summed E-state index contributed by atoms with van der Waals surface area (Å²) in [7, 11) is 1.61. The summed E-state index contributed by atoms with van der Waals surface area (Å²) in [6.07, 6.45) is -0.945. The lowest BCUT2D eigenvalue weighted by Gasteiger charge is -2.14. The van der Waals surface area contributed by atoms with Crippen molar-refractivity contribution in [2.45, 2.75) is 12.6 Å². The lowest BCUT2D eigenvalue weighted by molar-refractivity contribution is 0.0532. The van der Waals surface area contributed by atoms with Gasteiger partial charge in [-0.15, -0.1) is 0 Å². The number of nitrogens with one attached hydrogen (secondary N) is 1. The van der Waals surface area contributed by atoms with Gasteiger partial charge in [-0.05, 0) is 18.2 Å². The molecule has 0 radical (unpaired) electrons. The van der Waals surface area contributed by atoms with E-state index in [1.807, 2.05) is 0 Å². The average Bonchev–Trinajstić information content (AvgIpc) is 2.42. The maximum absolute atomic E-state index is 13.2. The van der Waals surface area contributed by atoms with Crippen molar-refractivity contribution in [2.24, 2.45) is 0 Å². The summed E-state index contributed by atoms with van der Waals surface area (Å²) in [6, 6.07) is 4.17. The van der Waals surface area contributed by atoms with E-state index in [9.17, 15) is 9.50 Å². The minimum Gasteiger partial charge on any atom is -0.490 e. The van der Waals surface area contributed by atoms with E-state index in [0.717, 1.165) is 0 Å². The van der Waals surface area contributed by atoms with Gasteiger partial charge in [0.2, 0.25) is 0 Å². The minimum absolute atomic E-state index is 0.0345. The van der Waals surface area contributed by atoms with Crippen LogP contribution in [0.4, 0.5) is 4.39 Å². The predicted octanol–water partition coefficient (Wildman–Crippen LogP) is 0.294. The number of benzene rings is 1. The Morgan fingerprint density at radius 2 is 2.21 bits per heavy atom. The molecule has 1 unspecified atom stereocenters. The van der Waals surface area contributed by atoms with Crippen molar-refractivity contribution in [1.29, 1.82) is 0 Å². The van der Waals surface area contributed by atoms with Gasteiger partial charge in [-0.3, -0.25) is 0 Å². The molecule has 19 heavy (non-hydrogen) atoms. The number of aliphatic hydroxyl groups is 2. The highest BCUT2D eigenvalue weighted by Gasteiger charge is 2.08. The van der Waals surface area contributed by atoms with Crippen LogP contribution < -0.4 is 10.1 Å². The van der Waals surface area contributed by atoms with Gasteiger partial charge in [-0.2, -0.15) is 0 Å². The number of aliphatic hydroxyl groups excluding tert-OH is 2. The van der Waals surface area contributed by atoms with E-state index in [4.69, 9.17) is 14.6 Å². The van der Waals surface area contributed by atoms with Gasteiger partial charge < -0.3 is 25.0 Å². The first-order chi connectivity index (χ1) is 9.17. The zero-order valence-corrected chi connectivity index (χ0v) is 10.9. The van der Waals surface area contributed by atoms with E-state index in [2.05, 4.69) is 5.32 Å². The highest BCUT2D eigenvalue weighted by atomic mass is 19.1. The zero-order chi connectivity index (χ0) is 14.1. The maximum Gasteiger partial charge on any atom is 0.124 e. The van der Waals surface area contributed by atoms with Crippen LogP contribution in [0, 0.1) is 5.82 Å². The van der Waals surface area contributed by atoms with E-state index in [-0.39, 0.29) is 19.0 Å². The molecule has 108 valence electrons. The number of halogens is 1. The Bertz CT molecular complexity index is 376. The molecule has 0 bridgehead atoms. The summed E-state index contributed by atoms with van der Waals surface area (Å²) in [6.45, 7) is 1.24. The molecular weight excluding hydrogens is 253 g/mol. The summed E-state index contributed by atoms with van der Waals surface area (Å²) in [5.41, 5.74) is 0.654. The number of hydrogen-bond donors (Lipinski definition) is 3. The Kier molecular flexibility index (Phi) is 7.35. The van der Waals surface area contributed by atoms with Gasteiger partial charge in [0.25, 0.3) is 0 Å². The van der Waals surface area contributed by atoms with E-state index in [1.165, 1.54) is 18.2 Å². The van der Waals surface area contributed by atoms with Crippen LogP contribution in [-0.2, 0) is 11.3 Å². The third kappa shape index (κ3) is 5.98. The molecule has 5 nitrogen and oxygen atoms in total. The monoisotopic (exact) mass is 273 g/mol. The molecule has 1 rings (SSSR count). The molecule has 0 aliphatic carbocycles. The van der Waals surface area contributed by atoms with Crippen molar-refractivity contribution < 1.29 is 24.1 Å². The molecule has 0 aliphatic rings. The molecule has 0 fully saturated rings. The molecule has 1 aromatic rings. The Balaban J connectivity index is 2.58. The largest absolute Gasteiger partial charge is 0.490 e. The van der Waals surface area contributed by atoms with Crippen molar-refractivity contribution in [2.75, 3.05) is 33.5 Å². The Labute approximate surface area is 112 Å². The molecular formula is C13H20FNO4. The van der Waals surface area contributed by atoms with Gasteiger partial charge in [0.05, 0.1) is 13.2 Å². The summed E-state index contributed by atoms with van der Waals surface area (Å²) in [4.78, 5) is 0. The van der Waals surface area contributed by atoms with Crippen molar-refractivity contribution in [1.82, 2.24) is 5.32 Å². The van der Waals surface area contributed by atoms with E-state index in [1.54, 1.807) is 7.11 Å². The van der Waals surface area contributed by atoms with E-state index in [0.29, 0.717) is 31.0 Å². The molecule has 0 aliphatic heterocycles. The molecule has 0 amide bonds. The standard InChI is InChI=1S/C13H20FNO4/c1-18-5-4-15-7-10-6-11(14)2-3-13(10)19-9-12(17)8-16/h2-3,6,12,15-17H,4-5,7-9H2,1H3. The molecule has 0 saturated carbocycles. The highest BCUT2D eigenvalue weighted by Crippen LogP contribution is 2.19. The summed E-state index contributed by atoms with van der Waals surface area (Å²) in [5.74, 6) is 0.136. The van der Waals surface area contributed by atoms with Crippen LogP contribution in [0.1, 0.15) is 5.56 Å². The summed E-state index contributed by atoms with van der Waals surface area (Å²) < 4.78 is 23.4. The van der Waals surface area contributed by atoms with Crippen LogP contribution >= 0.6 is 0 Å². The molecule has 1 aromatic carbocycles. The fourth-order valence-electron chi connectivity index (χ4n) is 1.46. The van der Waals surface area contributed by atoms with Crippen molar-refractivity contribution in [3.8, 4) is 5.75 Å². The molecule has 0 aromatic heterocycles. The second-order valence-electron chi connectivity index (χ2n) is 4.07. The topological polar surface area (TPSA) is 71.0 Å². The molecule has 0 saturated heterocycles. The number of ether oxygens (including phenoxy) is 2. The molecule has 6 heteroatoms. The third-order valence-electron chi connectivity index (χ3n) is 2.46. The smallest absolute Gasteiger partial charge is 0.124 e. The fourth-order valence-corrected chi connectivity index (χ4v) is 1.46. The van der Waals surface area contributed by atoms with Gasteiger partial charge in [0.15, 0.2) is 0 Å². The molecule has 0 spiro atoms. The Hall–Kier alpha value is -1.21. The predicted molar refractivity (Wildman–Crippen MR) is 68.6 cm³/mol. The second-order valence-corrected chi connectivity index (χ2v) is 4.07.